The summed E-state index contributed by atoms with van der Waals surface area (Å²) in [5.41, 5.74) is 8.07. The Morgan fingerprint density at radius 3 is 3.00 bits per heavy atom. The average molecular weight is 325 g/mol. The van der Waals surface area contributed by atoms with Crippen LogP contribution >= 0.6 is 34.7 Å². The van der Waals surface area contributed by atoms with E-state index in [2.05, 4.69) is 14.1 Å². The maximum absolute atomic E-state index is 11.1. The molecule has 0 atom stereocenters. The van der Waals surface area contributed by atoms with Crippen molar-refractivity contribution >= 4 is 57.3 Å². The van der Waals surface area contributed by atoms with Crippen molar-refractivity contribution in [3.05, 3.63) is 39.0 Å². The third-order valence-corrected chi connectivity index (χ3v) is 4.55. The van der Waals surface area contributed by atoms with Gasteiger partial charge in [0.25, 0.3) is 0 Å². The Morgan fingerprint density at radius 1 is 1.40 bits per heavy atom. The average Bonchev–Trinajstić information content (AvgIpc) is 3.05. The number of carbonyl (C=O) groups is 1. The zero-order valence-corrected chi connectivity index (χ0v) is 12.5. The molecule has 0 radical (unpaired) electrons. The number of primary amides is 1. The molecule has 0 aliphatic heterocycles. The summed E-state index contributed by atoms with van der Waals surface area (Å²) in [4.78, 5) is 12.0. The molecular weight excluding hydrogens is 316 g/mol. The Labute approximate surface area is 127 Å². The van der Waals surface area contributed by atoms with E-state index in [1.54, 1.807) is 17.5 Å². The number of hydrogen-bond donors (Lipinski definition) is 2. The first-order valence-electron chi connectivity index (χ1n) is 5.67. The van der Waals surface area contributed by atoms with E-state index in [4.69, 9.17) is 17.3 Å². The summed E-state index contributed by atoms with van der Waals surface area (Å²) in [5, 5.41) is 5.58. The predicted molar refractivity (Wildman–Crippen MR) is 82.6 cm³/mol. The van der Waals surface area contributed by atoms with Gasteiger partial charge in [-0.2, -0.15) is 8.75 Å². The molecule has 0 spiro atoms. The van der Waals surface area contributed by atoms with E-state index in [1.165, 1.54) is 11.3 Å². The van der Waals surface area contributed by atoms with Crippen LogP contribution in [0.3, 0.4) is 0 Å². The second-order valence-corrected chi connectivity index (χ2v) is 6.01. The van der Waals surface area contributed by atoms with Gasteiger partial charge in [-0.25, -0.2) is 0 Å². The van der Waals surface area contributed by atoms with Gasteiger partial charge in [-0.05, 0) is 18.2 Å². The highest BCUT2D eigenvalue weighted by Crippen LogP contribution is 2.30. The molecule has 0 aliphatic carbocycles. The standard InChI is InChI=1S/C12H9ClN4OS2/c13-8-1-2-9-11(17-20-16-9)10(8)15-4-7-3-6(5-19-7)12(14)18/h1-3,5,15H,4H2,(H2,14,18). The highest BCUT2D eigenvalue weighted by molar-refractivity contribution is 7.10. The van der Waals surface area contributed by atoms with Crippen LogP contribution < -0.4 is 11.1 Å². The van der Waals surface area contributed by atoms with Crippen molar-refractivity contribution in [2.45, 2.75) is 6.54 Å². The van der Waals surface area contributed by atoms with Gasteiger partial charge < -0.3 is 11.1 Å². The summed E-state index contributed by atoms with van der Waals surface area (Å²) in [6, 6.07) is 5.40. The minimum Gasteiger partial charge on any atom is -0.377 e. The van der Waals surface area contributed by atoms with E-state index in [1.807, 2.05) is 6.07 Å². The monoisotopic (exact) mass is 324 g/mol. The topological polar surface area (TPSA) is 80.9 Å². The molecule has 3 N–H and O–H groups in total. The molecule has 1 amide bonds. The van der Waals surface area contributed by atoms with Gasteiger partial charge in [0.05, 0.1) is 28.0 Å². The Balaban J connectivity index is 1.84. The van der Waals surface area contributed by atoms with E-state index in [0.717, 1.165) is 33.3 Å². The van der Waals surface area contributed by atoms with Crippen LogP contribution in [0.4, 0.5) is 5.69 Å². The Hall–Kier alpha value is -1.70. The minimum absolute atomic E-state index is 0.420. The summed E-state index contributed by atoms with van der Waals surface area (Å²) >= 11 is 8.80. The molecular formula is C12H9ClN4OS2. The highest BCUT2D eigenvalue weighted by Gasteiger charge is 2.10. The van der Waals surface area contributed by atoms with E-state index in [0.29, 0.717) is 17.1 Å². The molecule has 5 nitrogen and oxygen atoms in total. The van der Waals surface area contributed by atoms with Crippen molar-refractivity contribution in [3.8, 4) is 0 Å². The van der Waals surface area contributed by atoms with Crippen molar-refractivity contribution in [1.29, 1.82) is 0 Å². The van der Waals surface area contributed by atoms with Crippen LogP contribution in [0.25, 0.3) is 11.0 Å². The van der Waals surface area contributed by atoms with Crippen molar-refractivity contribution in [3.63, 3.8) is 0 Å². The molecule has 0 saturated heterocycles. The summed E-state index contributed by atoms with van der Waals surface area (Å²) in [5.74, 6) is -0.420. The van der Waals surface area contributed by atoms with Crippen molar-refractivity contribution in [1.82, 2.24) is 8.75 Å². The molecule has 20 heavy (non-hydrogen) atoms. The van der Waals surface area contributed by atoms with Crippen LogP contribution in [0.2, 0.25) is 5.02 Å². The molecule has 102 valence electrons. The number of thiophene rings is 1. The summed E-state index contributed by atoms with van der Waals surface area (Å²) in [7, 11) is 0. The SMILES string of the molecule is NC(=O)c1csc(CNc2c(Cl)ccc3nsnc23)c1. The number of nitrogens with zero attached hydrogens (tertiary/aromatic N) is 2. The van der Waals surface area contributed by atoms with Gasteiger partial charge in [0.2, 0.25) is 5.91 Å². The first kappa shape index (κ1) is 13.3. The lowest BCUT2D eigenvalue weighted by Gasteiger charge is -2.07. The second-order valence-electron chi connectivity index (χ2n) is 4.07. The molecule has 2 heterocycles. The zero-order valence-electron chi connectivity index (χ0n) is 10.1. The molecule has 8 heteroatoms. The second kappa shape index (κ2) is 5.35. The Morgan fingerprint density at radius 2 is 2.25 bits per heavy atom. The molecule has 3 aromatic rings. The number of anilines is 1. The summed E-state index contributed by atoms with van der Waals surface area (Å²) < 4.78 is 8.41. The number of aromatic nitrogens is 2. The summed E-state index contributed by atoms with van der Waals surface area (Å²) in [6.07, 6.45) is 0. The fraction of sp³-hybridized carbons (Fsp3) is 0.0833. The number of nitrogens with two attached hydrogens (primary N) is 1. The maximum atomic E-state index is 11.1. The van der Waals surface area contributed by atoms with Crippen LogP contribution in [0.1, 0.15) is 15.2 Å². The molecule has 0 bridgehead atoms. The Bertz CT molecular complexity index is 783. The number of rotatable bonds is 4. The number of benzene rings is 1. The van der Waals surface area contributed by atoms with Gasteiger partial charge in [0, 0.05) is 16.8 Å². The molecule has 2 aromatic heterocycles. The van der Waals surface area contributed by atoms with Gasteiger partial charge in [0.15, 0.2) is 0 Å². The number of carbonyl (C=O) groups excluding carboxylic acids is 1. The molecule has 0 fully saturated rings. The minimum atomic E-state index is -0.420. The quantitative estimate of drug-likeness (QED) is 0.772. The Kier molecular flexibility index (Phi) is 3.56. The number of hydrogen-bond acceptors (Lipinski definition) is 6. The molecule has 1 aromatic carbocycles. The van der Waals surface area contributed by atoms with E-state index in [-0.39, 0.29) is 0 Å². The predicted octanol–water partition coefficient (Wildman–Crippen LogP) is 3.12. The number of amides is 1. The van der Waals surface area contributed by atoms with Gasteiger partial charge in [-0.15, -0.1) is 11.3 Å². The van der Waals surface area contributed by atoms with Crippen molar-refractivity contribution in [2.75, 3.05) is 5.32 Å². The van der Waals surface area contributed by atoms with E-state index >= 15 is 0 Å². The number of nitrogens with one attached hydrogen (secondary N) is 1. The molecule has 0 aliphatic rings. The van der Waals surface area contributed by atoms with Crippen LogP contribution in [0, 0.1) is 0 Å². The van der Waals surface area contributed by atoms with E-state index < -0.39 is 5.91 Å². The van der Waals surface area contributed by atoms with Crippen LogP contribution in [-0.2, 0) is 6.54 Å². The lowest BCUT2D eigenvalue weighted by Crippen LogP contribution is -2.09. The molecule has 3 rings (SSSR count). The van der Waals surface area contributed by atoms with Crippen LogP contribution in [0.15, 0.2) is 23.6 Å². The van der Waals surface area contributed by atoms with Crippen molar-refractivity contribution in [2.24, 2.45) is 5.73 Å². The highest BCUT2D eigenvalue weighted by atomic mass is 35.5. The zero-order chi connectivity index (χ0) is 14.1. The number of fused-ring (bicyclic) bond motifs is 1. The van der Waals surface area contributed by atoms with Crippen molar-refractivity contribution < 1.29 is 4.79 Å². The lowest BCUT2D eigenvalue weighted by atomic mass is 10.2. The normalized spacial score (nSPS) is 10.8. The van der Waals surface area contributed by atoms with Crippen LogP contribution in [-0.4, -0.2) is 14.7 Å². The van der Waals surface area contributed by atoms with Gasteiger partial charge in [0.1, 0.15) is 11.0 Å². The largest absolute Gasteiger partial charge is 0.377 e. The van der Waals surface area contributed by atoms with Gasteiger partial charge in [-0.3, -0.25) is 4.79 Å². The lowest BCUT2D eigenvalue weighted by molar-refractivity contribution is 0.100. The summed E-state index contributed by atoms with van der Waals surface area (Å²) in [6.45, 7) is 0.550. The fourth-order valence-electron chi connectivity index (χ4n) is 1.77. The molecule has 0 unspecified atom stereocenters. The van der Waals surface area contributed by atoms with Crippen LogP contribution in [0.5, 0.6) is 0 Å². The third-order valence-electron chi connectivity index (χ3n) is 2.75. The first-order chi connectivity index (χ1) is 9.65. The van der Waals surface area contributed by atoms with E-state index in [9.17, 15) is 4.79 Å². The smallest absolute Gasteiger partial charge is 0.249 e. The van der Waals surface area contributed by atoms with Gasteiger partial charge >= 0.3 is 0 Å². The fourth-order valence-corrected chi connectivity index (χ4v) is 3.35. The first-order valence-corrected chi connectivity index (χ1v) is 7.66. The van der Waals surface area contributed by atoms with Gasteiger partial charge in [-0.1, -0.05) is 11.6 Å². The number of halogens is 1. The third kappa shape index (κ3) is 2.47. The molecule has 0 saturated carbocycles. The maximum Gasteiger partial charge on any atom is 0.249 e.